The zero-order chi connectivity index (χ0) is 13.7. The number of ether oxygens (including phenoxy) is 1. The van der Waals surface area contributed by atoms with Gasteiger partial charge in [0.15, 0.2) is 11.6 Å². The summed E-state index contributed by atoms with van der Waals surface area (Å²) in [6, 6.07) is 4.89. The highest BCUT2D eigenvalue weighted by Gasteiger charge is 2.07. The van der Waals surface area contributed by atoms with E-state index in [9.17, 15) is 4.39 Å². The minimum atomic E-state index is -0.365. The van der Waals surface area contributed by atoms with Gasteiger partial charge in [-0.2, -0.15) is 0 Å². The van der Waals surface area contributed by atoms with E-state index in [1.165, 1.54) is 6.07 Å². The van der Waals surface area contributed by atoms with Crippen molar-refractivity contribution < 1.29 is 9.13 Å². The summed E-state index contributed by atoms with van der Waals surface area (Å²) in [6.07, 6.45) is 4.53. The predicted molar refractivity (Wildman–Crippen MR) is 72.5 cm³/mol. The van der Waals surface area contributed by atoms with Gasteiger partial charge in [0, 0.05) is 18.3 Å². The Balaban J connectivity index is 2.17. The quantitative estimate of drug-likeness (QED) is 0.871. The summed E-state index contributed by atoms with van der Waals surface area (Å²) in [5.41, 5.74) is 6.95. The van der Waals surface area contributed by atoms with Gasteiger partial charge < -0.3 is 15.0 Å². The molecule has 0 saturated heterocycles. The van der Waals surface area contributed by atoms with Gasteiger partial charge in [-0.15, -0.1) is 0 Å². The zero-order valence-corrected chi connectivity index (χ0v) is 11.0. The highest BCUT2D eigenvalue weighted by Crippen LogP contribution is 2.24. The molecule has 2 N–H and O–H groups in total. The second kappa shape index (κ2) is 6.33. The van der Waals surface area contributed by atoms with Crippen LogP contribution in [0.4, 0.5) is 4.39 Å². The topological polar surface area (TPSA) is 53.1 Å². The lowest BCUT2D eigenvalue weighted by atomic mass is 10.1. The van der Waals surface area contributed by atoms with Gasteiger partial charge in [0.2, 0.25) is 0 Å². The van der Waals surface area contributed by atoms with Crippen LogP contribution >= 0.6 is 0 Å². The minimum absolute atomic E-state index is 0.272. The molecule has 0 bridgehead atoms. The molecule has 0 aliphatic heterocycles. The molecular formula is C14H18FN3O. The smallest absolute Gasteiger partial charge is 0.165 e. The van der Waals surface area contributed by atoms with Crippen molar-refractivity contribution in [1.82, 2.24) is 9.55 Å². The highest BCUT2D eigenvalue weighted by atomic mass is 19.1. The van der Waals surface area contributed by atoms with Crippen molar-refractivity contribution in [2.75, 3.05) is 13.2 Å². The SMILES string of the molecule is CCOc1ccc(-c2cn(CCCN)cn2)cc1F. The summed E-state index contributed by atoms with van der Waals surface area (Å²) >= 11 is 0. The van der Waals surface area contributed by atoms with Gasteiger partial charge in [-0.3, -0.25) is 0 Å². The Labute approximate surface area is 112 Å². The maximum atomic E-state index is 13.8. The number of nitrogens with two attached hydrogens (primary N) is 1. The molecule has 4 nitrogen and oxygen atoms in total. The van der Waals surface area contributed by atoms with Gasteiger partial charge in [-0.25, -0.2) is 9.37 Å². The fourth-order valence-electron chi connectivity index (χ4n) is 1.84. The molecule has 19 heavy (non-hydrogen) atoms. The first kappa shape index (κ1) is 13.5. The van der Waals surface area contributed by atoms with Crippen LogP contribution in [0, 0.1) is 5.82 Å². The molecular weight excluding hydrogens is 245 g/mol. The van der Waals surface area contributed by atoms with Crippen LogP contribution in [0.25, 0.3) is 11.3 Å². The fourth-order valence-corrected chi connectivity index (χ4v) is 1.84. The third-order valence-corrected chi connectivity index (χ3v) is 2.78. The molecule has 0 amide bonds. The third kappa shape index (κ3) is 3.32. The van der Waals surface area contributed by atoms with Crippen molar-refractivity contribution in [2.24, 2.45) is 5.73 Å². The Bertz CT molecular complexity index is 539. The second-order valence-corrected chi connectivity index (χ2v) is 4.22. The maximum absolute atomic E-state index is 13.8. The number of rotatable bonds is 6. The summed E-state index contributed by atoms with van der Waals surface area (Å²) in [7, 11) is 0. The van der Waals surface area contributed by atoms with E-state index < -0.39 is 0 Å². The molecule has 2 aromatic rings. The van der Waals surface area contributed by atoms with E-state index in [2.05, 4.69) is 4.98 Å². The molecule has 0 fully saturated rings. The lowest BCUT2D eigenvalue weighted by Crippen LogP contribution is -2.03. The van der Waals surface area contributed by atoms with Crippen molar-refractivity contribution in [1.29, 1.82) is 0 Å². The summed E-state index contributed by atoms with van der Waals surface area (Å²) in [4.78, 5) is 4.27. The molecule has 0 aliphatic carbocycles. The Kier molecular flexibility index (Phi) is 4.52. The highest BCUT2D eigenvalue weighted by molar-refractivity contribution is 5.59. The molecule has 1 aromatic heterocycles. The average Bonchev–Trinajstić information content (AvgIpc) is 2.88. The van der Waals surface area contributed by atoms with E-state index in [4.69, 9.17) is 10.5 Å². The number of nitrogens with zero attached hydrogens (tertiary/aromatic N) is 2. The number of aromatic nitrogens is 2. The van der Waals surface area contributed by atoms with E-state index in [1.807, 2.05) is 23.8 Å². The van der Waals surface area contributed by atoms with E-state index in [0.717, 1.165) is 24.2 Å². The molecule has 2 rings (SSSR count). The van der Waals surface area contributed by atoms with E-state index >= 15 is 0 Å². The van der Waals surface area contributed by atoms with Crippen LogP contribution in [0.15, 0.2) is 30.7 Å². The number of hydrogen-bond donors (Lipinski definition) is 1. The van der Waals surface area contributed by atoms with Crippen molar-refractivity contribution in [3.63, 3.8) is 0 Å². The molecule has 1 aromatic carbocycles. The zero-order valence-electron chi connectivity index (χ0n) is 11.0. The summed E-state index contributed by atoms with van der Waals surface area (Å²) in [5, 5.41) is 0. The number of halogens is 1. The van der Waals surface area contributed by atoms with Crippen LogP contribution in [0.3, 0.4) is 0 Å². The molecule has 0 radical (unpaired) electrons. The average molecular weight is 263 g/mol. The predicted octanol–water partition coefficient (Wildman–Crippen LogP) is 2.44. The van der Waals surface area contributed by atoms with Crippen LogP contribution in [0.1, 0.15) is 13.3 Å². The van der Waals surface area contributed by atoms with Gasteiger partial charge in [-0.1, -0.05) is 0 Å². The van der Waals surface area contributed by atoms with Crippen molar-refractivity contribution >= 4 is 0 Å². The largest absolute Gasteiger partial charge is 0.491 e. The first-order valence-electron chi connectivity index (χ1n) is 6.39. The lowest BCUT2D eigenvalue weighted by molar-refractivity contribution is 0.321. The van der Waals surface area contributed by atoms with Gasteiger partial charge in [0.05, 0.1) is 18.6 Å². The molecule has 0 unspecified atom stereocenters. The summed E-state index contributed by atoms with van der Waals surface area (Å²) in [5.74, 6) is -0.0929. The van der Waals surface area contributed by atoms with Gasteiger partial charge in [0.25, 0.3) is 0 Å². The second-order valence-electron chi connectivity index (χ2n) is 4.22. The Morgan fingerprint density at radius 2 is 2.26 bits per heavy atom. The number of imidazole rings is 1. The van der Waals surface area contributed by atoms with Gasteiger partial charge >= 0.3 is 0 Å². The number of hydrogen-bond acceptors (Lipinski definition) is 3. The molecule has 0 spiro atoms. The number of benzene rings is 1. The lowest BCUT2D eigenvalue weighted by Gasteiger charge is -2.05. The first-order chi connectivity index (χ1) is 9.24. The first-order valence-corrected chi connectivity index (χ1v) is 6.39. The van der Waals surface area contributed by atoms with E-state index in [1.54, 1.807) is 12.4 Å². The molecule has 1 heterocycles. The van der Waals surface area contributed by atoms with Crippen molar-refractivity contribution in [3.8, 4) is 17.0 Å². The Morgan fingerprint density at radius 1 is 1.42 bits per heavy atom. The Hall–Kier alpha value is -1.88. The molecule has 0 atom stereocenters. The minimum Gasteiger partial charge on any atom is -0.491 e. The summed E-state index contributed by atoms with van der Waals surface area (Å²) < 4.78 is 20.9. The molecule has 5 heteroatoms. The van der Waals surface area contributed by atoms with Crippen LogP contribution < -0.4 is 10.5 Å². The third-order valence-electron chi connectivity index (χ3n) is 2.78. The van der Waals surface area contributed by atoms with E-state index in [-0.39, 0.29) is 11.6 Å². The van der Waals surface area contributed by atoms with Crippen LogP contribution in [-0.4, -0.2) is 22.7 Å². The van der Waals surface area contributed by atoms with Crippen molar-refractivity contribution in [3.05, 3.63) is 36.5 Å². The van der Waals surface area contributed by atoms with Crippen LogP contribution in [0.5, 0.6) is 5.75 Å². The molecule has 0 saturated carbocycles. The van der Waals surface area contributed by atoms with Crippen LogP contribution in [-0.2, 0) is 6.54 Å². The maximum Gasteiger partial charge on any atom is 0.165 e. The number of aryl methyl sites for hydroxylation is 1. The Morgan fingerprint density at radius 3 is 2.95 bits per heavy atom. The fraction of sp³-hybridized carbons (Fsp3) is 0.357. The normalized spacial score (nSPS) is 10.7. The monoisotopic (exact) mass is 263 g/mol. The summed E-state index contributed by atoms with van der Waals surface area (Å²) in [6.45, 7) is 3.74. The van der Waals surface area contributed by atoms with Crippen LogP contribution in [0.2, 0.25) is 0 Å². The van der Waals surface area contributed by atoms with E-state index in [0.29, 0.717) is 13.2 Å². The standard InChI is InChI=1S/C14H18FN3O/c1-2-19-14-5-4-11(8-12(14)15)13-9-18(10-17-13)7-3-6-16/h4-5,8-10H,2-3,6-7,16H2,1H3. The molecule has 102 valence electrons. The van der Waals surface area contributed by atoms with Crippen molar-refractivity contribution in [2.45, 2.75) is 19.9 Å². The van der Waals surface area contributed by atoms with Gasteiger partial charge in [-0.05, 0) is 38.1 Å². The molecule has 0 aliphatic rings. The van der Waals surface area contributed by atoms with Gasteiger partial charge in [0.1, 0.15) is 0 Å².